The van der Waals surface area contributed by atoms with E-state index < -0.39 is 15.8 Å². The molecule has 0 unspecified atom stereocenters. The van der Waals surface area contributed by atoms with Crippen molar-refractivity contribution in [3.63, 3.8) is 0 Å². The summed E-state index contributed by atoms with van der Waals surface area (Å²) in [5, 5.41) is 24.5. The number of ether oxygens (including phenoxy) is 1. The number of carbonyl (C=O) groups is 1. The lowest BCUT2D eigenvalue weighted by molar-refractivity contribution is -0.385. The molecule has 9 heteroatoms. The molecule has 9 nitrogen and oxygen atoms in total. The van der Waals surface area contributed by atoms with Crippen LogP contribution in [-0.2, 0) is 0 Å². The predicted octanol–water partition coefficient (Wildman–Crippen LogP) is 3.46. The molecule has 2 aromatic carbocycles. The minimum absolute atomic E-state index is 0.0426. The van der Waals surface area contributed by atoms with Crippen LogP contribution in [0.1, 0.15) is 22.8 Å². The maximum absolute atomic E-state index is 12.3. The molecule has 0 aliphatic heterocycles. The molecule has 0 aliphatic rings. The summed E-state index contributed by atoms with van der Waals surface area (Å²) in [7, 11) is 0. The van der Waals surface area contributed by atoms with Gasteiger partial charge in [-0.15, -0.1) is 0 Å². The van der Waals surface area contributed by atoms with E-state index in [9.17, 15) is 25.0 Å². The zero-order chi connectivity index (χ0) is 18.6. The maximum atomic E-state index is 12.3. The van der Waals surface area contributed by atoms with Crippen LogP contribution in [0.4, 0.5) is 17.1 Å². The third kappa shape index (κ3) is 4.08. The molecule has 2 rings (SSSR count). The summed E-state index contributed by atoms with van der Waals surface area (Å²) in [5.41, 5.74) is 0.431. The molecule has 0 saturated heterocycles. The maximum Gasteiger partial charge on any atom is 0.311 e. The van der Waals surface area contributed by atoms with Crippen molar-refractivity contribution in [2.24, 2.45) is 0 Å². The van der Waals surface area contributed by atoms with Gasteiger partial charge in [-0.1, -0.05) is 6.07 Å². The Hall–Kier alpha value is -3.49. The van der Waals surface area contributed by atoms with Crippen LogP contribution in [0.25, 0.3) is 0 Å². The number of benzene rings is 2. The van der Waals surface area contributed by atoms with Gasteiger partial charge < -0.3 is 10.1 Å². The van der Waals surface area contributed by atoms with Crippen molar-refractivity contribution in [2.75, 3.05) is 11.9 Å². The molecule has 1 N–H and O–H groups in total. The van der Waals surface area contributed by atoms with Crippen molar-refractivity contribution in [3.05, 3.63) is 67.8 Å². The number of hydrogen-bond donors (Lipinski definition) is 1. The van der Waals surface area contributed by atoms with Crippen LogP contribution >= 0.6 is 0 Å². The summed E-state index contributed by atoms with van der Waals surface area (Å²) in [6.07, 6.45) is 0. The molecule has 25 heavy (non-hydrogen) atoms. The first-order valence-electron chi connectivity index (χ1n) is 7.31. The molecule has 0 bridgehead atoms. The van der Waals surface area contributed by atoms with E-state index in [2.05, 4.69) is 5.32 Å². The molecule has 0 aliphatic carbocycles. The second kappa shape index (κ2) is 7.39. The second-order valence-electron chi connectivity index (χ2n) is 5.08. The summed E-state index contributed by atoms with van der Waals surface area (Å²) in [6.45, 7) is 3.62. The summed E-state index contributed by atoms with van der Waals surface area (Å²) in [4.78, 5) is 33.1. The lowest BCUT2D eigenvalue weighted by Crippen LogP contribution is -2.13. The van der Waals surface area contributed by atoms with Crippen molar-refractivity contribution >= 4 is 23.0 Å². The van der Waals surface area contributed by atoms with Gasteiger partial charge >= 0.3 is 5.69 Å². The number of anilines is 1. The first kappa shape index (κ1) is 17.9. The van der Waals surface area contributed by atoms with Crippen LogP contribution in [0, 0.1) is 27.2 Å². The van der Waals surface area contributed by atoms with Crippen molar-refractivity contribution in [1.29, 1.82) is 0 Å². The van der Waals surface area contributed by atoms with Gasteiger partial charge in [-0.2, -0.15) is 0 Å². The standard InChI is InChI=1S/C16H15N3O6/c1-3-25-15-7-5-11(8-14(15)19(23)24)16(20)17-13-9-12(18(21)22)6-4-10(13)2/h4-9H,3H2,1-2H3,(H,17,20). The van der Waals surface area contributed by atoms with Crippen molar-refractivity contribution < 1.29 is 19.4 Å². The number of amides is 1. The SMILES string of the molecule is CCOc1ccc(C(=O)Nc2cc([N+](=O)[O-])ccc2C)cc1[N+](=O)[O-]. The zero-order valence-electron chi connectivity index (χ0n) is 13.5. The number of nitrogens with zero attached hydrogens (tertiary/aromatic N) is 2. The molecule has 0 spiro atoms. The van der Waals surface area contributed by atoms with Gasteiger partial charge in [0.1, 0.15) is 0 Å². The Labute approximate surface area is 142 Å². The van der Waals surface area contributed by atoms with Crippen LogP contribution in [0.2, 0.25) is 0 Å². The molecule has 2 aromatic rings. The molecule has 1 amide bonds. The quantitative estimate of drug-likeness (QED) is 0.631. The number of hydrogen-bond acceptors (Lipinski definition) is 6. The first-order valence-corrected chi connectivity index (χ1v) is 7.31. The monoisotopic (exact) mass is 345 g/mol. The molecule has 130 valence electrons. The number of non-ortho nitro benzene ring substituents is 1. The Morgan fingerprint density at radius 2 is 1.84 bits per heavy atom. The molecule has 0 heterocycles. The lowest BCUT2D eigenvalue weighted by atomic mass is 10.1. The zero-order valence-corrected chi connectivity index (χ0v) is 13.5. The van der Waals surface area contributed by atoms with Gasteiger partial charge in [0, 0.05) is 23.8 Å². The fraction of sp³-hybridized carbons (Fsp3) is 0.188. The van der Waals surface area contributed by atoms with Crippen LogP contribution < -0.4 is 10.1 Å². The third-order valence-electron chi connectivity index (χ3n) is 3.40. The largest absolute Gasteiger partial charge is 0.487 e. The van der Waals surface area contributed by atoms with Gasteiger partial charge in [0.05, 0.1) is 22.1 Å². The number of nitrogens with one attached hydrogen (secondary N) is 1. The third-order valence-corrected chi connectivity index (χ3v) is 3.40. The van der Waals surface area contributed by atoms with Crippen LogP contribution in [-0.4, -0.2) is 22.4 Å². The first-order chi connectivity index (χ1) is 11.8. The highest BCUT2D eigenvalue weighted by molar-refractivity contribution is 6.05. The Morgan fingerprint density at radius 3 is 2.44 bits per heavy atom. The fourth-order valence-corrected chi connectivity index (χ4v) is 2.13. The van der Waals surface area contributed by atoms with Crippen LogP contribution in [0.15, 0.2) is 36.4 Å². The van der Waals surface area contributed by atoms with E-state index in [1.54, 1.807) is 13.8 Å². The molecule has 0 fully saturated rings. The lowest BCUT2D eigenvalue weighted by Gasteiger charge is -2.09. The highest BCUT2D eigenvalue weighted by atomic mass is 16.6. The van der Waals surface area contributed by atoms with Crippen molar-refractivity contribution in [1.82, 2.24) is 0 Å². The summed E-state index contributed by atoms with van der Waals surface area (Å²) < 4.78 is 5.16. The molecular formula is C16H15N3O6. The number of rotatable bonds is 6. The number of aryl methyl sites for hydroxylation is 1. The highest BCUT2D eigenvalue weighted by Gasteiger charge is 2.19. The number of nitro groups is 2. The normalized spacial score (nSPS) is 10.2. The van der Waals surface area contributed by atoms with Gasteiger partial charge in [0.25, 0.3) is 11.6 Å². The number of nitro benzene ring substituents is 2. The van der Waals surface area contributed by atoms with Crippen molar-refractivity contribution in [2.45, 2.75) is 13.8 Å². The van der Waals surface area contributed by atoms with E-state index in [1.807, 2.05) is 0 Å². The van der Waals surface area contributed by atoms with Crippen LogP contribution in [0.5, 0.6) is 5.75 Å². The molecular weight excluding hydrogens is 330 g/mol. The number of carbonyl (C=O) groups excluding carboxylic acids is 1. The van der Waals surface area contributed by atoms with Gasteiger partial charge in [-0.25, -0.2) is 0 Å². The molecule has 0 saturated carbocycles. The molecule has 0 aromatic heterocycles. The summed E-state index contributed by atoms with van der Waals surface area (Å²) in [5.74, 6) is -0.551. The molecule has 0 radical (unpaired) electrons. The van der Waals surface area contributed by atoms with Gasteiger partial charge in [-0.3, -0.25) is 25.0 Å². The Balaban J connectivity index is 2.32. The smallest absolute Gasteiger partial charge is 0.311 e. The minimum Gasteiger partial charge on any atom is -0.487 e. The van der Waals surface area contributed by atoms with Gasteiger partial charge in [0.15, 0.2) is 5.75 Å². The van der Waals surface area contributed by atoms with E-state index in [0.29, 0.717) is 5.56 Å². The highest BCUT2D eigenvalue weighted by Crippen LogP contribution is 2.29. The summed E-state index contributed by atoms with van der Waals surface area (Å²) >= 11 is 0. The van der Waals surface area contributed by atoms with Gasteiger partial charge in [0.2, 0.25) is 0 Å². The second-order valence-corrected chi connectivity index (χ2v) is 5.08. The minimum atomic E-state index is -0.639. The Bertz CT molecular complexity index is 850. The van der Waals surface area contributed by atoms with E-state index in [-0.39, 0.29) is 35.0 Å². The van der Waals surface area contributed by atoms with E-state index >= 15 is 0 Å². The topological polar surface area (TPSA) is 125 Å². The van der Waals surface area contributed by atoms with Crippen molar-refractivity contribution in [3.8, 4) is 5.75 Å². The fourth-order valence-electron chi connectivity index (χ4n) is 2.13. The summed E-state index contributed by atoms with van der Waals surface area (Å²) in [6, 6.07) is 7.90. The van der Waals surface area contributed by atoms with Crippen LogP contribution in [0.3, 0.4) is 0 Å². The molecule has 0 atom stereocenters. The van der Waals surface area contributed by atoms with E-state index in [4.69, 9.17) is 4.74 Å². The average Bonchev–Trinajstić information content (AvgIpc) is 2.57. The van der Waals surface area contributed by atoms with E-state index in [0.717, 1.165) is 6.07 Å². The van der Waals surface area contributed by atoms with Gasteiger partial charge in [-0.05, 0) is 31.5 Å². The predicted molar refractivity (Wildman–Crippen MR) is 90.1 cm³/mol. The average molecular weight is 345 g/mol. The Morgan fingerprint density at radius 1 is 1.12 bits per heavy atom. The Kier molecular flexibility index (Phi) is 5.28. The van der Waals surface area contributed by atoms with E-state index in [1.165, 1.54) is 30.3 Å².